The third kappa shape index (κ3) is 3.87. The Balaban J connectivity index is 2.18. The summed E-state index contributed by atoms with van der Waals surface area (Å²) >= 11 is 0. The van der Waals surface area contributed by atoms with Gasteiger partial charge in [0.25, 0.3) is 0 Å². The second-order valence-corrected chi connectivity index (χ2v) is 7.48. The molecule has 0 atom stereocenters. The number of ether oxygens (including phenoxy) is 1. The van der Waals surface area contributed by atoms with E-state index < -0.39 is 10.0 Å². The SMILES string of the molecule is CC(C)CNc1ccc(S(=O)(=O)N2CCOCC2)cc1N. The Morgan fingerprint density at radius 1 is 1.33 bits per heavy atom. The van der Waals surface area contributed by atoms with Crippen molar-refractivity contribution in [2.24, 2.45) is 5.92 Å². The third-order valence-electron chi connectivity index (χ3n) is 3.33. The number of sulfonamides is 1. The molecule has 0 radical (unpaired) electrons. The van der Waals surface area contributed by atoms with E-state index in [0.717, 1.165) is 12.2 Å². The molecule has 0 saturated carbocycles. The van der Waals surface area contributed by atoms with Crippen molar-refractivity contribution in [3.63, 3.8) is 0 Å². The standard InChI is InChI=1S/C14H23N3O3S/c1-11(2)10-16-14-4-3-12(9-13(14)15)21(18,19)17-5-7-20-8-6-17/h3-4,9,11,16H,5-8,10,15H2,1-2H3. The molecule has 3 N–H and O–H groups in total. The Kier molecular flexibility index (Phi) is 5.08. The Hall–Kier alpha value is -1.31. The maximum absolute atomic E-state index is 12.5. The quantitative estimate of drug-likeness (QED) is 0.802. The van der Waals surface area contributed by atoms with Gasteiger partial charge in [-0.2, -0.15) is 4.31 Å². The molecule has 0 spiro atoms. The van der Waals surface area contributed by atoms with Crippen LogP contribution in [0.4, 0.5) is 11.4 Å². The van der Waals surface area contributed by atoms with Crippen LogP contribution in [-0.4, -0.2) is 45.6 Å². The second kappa shape index (κ2) is 6.64. The number of morpholine rings is 1. The monoisotopic (exact) mass is 313 g/mol. The summed E-state index contributed by atoms with van der Waals surface area (Å²) in [4.78, 5) is 0.233. The van der Waals surface area contributed by atoms with E-state index >= 15 is 0 Å². The molecule has 21 heavy (non-hydrogen) atoms. The minimum absolute atomic E-state index is 0.233. The summed E-state index contributed by atoms with van der Waals surface area (Å²) < 4.78 is 31.6. The molecule has 0 bridgehead atoms. The normalized spacial score (nSPS) is 17.1. The van der Waals surface area contributed by atoms with Crippen molar-refractivity contribution < 1.29 is 13.2 Å². The Morgan fingerprint density at radius 3 is 2.57 bits per heavy atom. The number of anilines is 2. The highest BCUT2D eigenvalue weighted by Gasteiger charge is 2.26. The van der Waals surface area contributed by atoms with Crippen LogP contribution in [0.5, 0.6) is 0 Å². The number of benzene rings is 1. The highest BCUT2D eigenvalue weighted by molar-refractivity contribution is 7.89. The maximum atomic E-state index is 12.5. The average molecular weight is 313 g/mol. The number of rotatable bonds is 5. The summed E-state index contributed by atoms with van der Waals surface area (Å²) in [6.45, 7) is 6.62. The fourth-order valence-corrected chi connectivity index (χ4v) is 3.56. The van der Waals surface area contributed by atoms with Crippen LogP contribution in [0.15, 0.2) is 23.1 Å². The summed E-state index contributed by atoms with van der Waals surface area (Å²) in [5.74, 6) is 0.487. The fourth-order valence-electron chi connectivity index (χ4n) is 2.11. The van der Waals surface area contributed by atoms with Gasteiger partial charge in [-0.15, -0.1) is 0 Å². The second-order valence-electron chi connectivity index (χ2n) is 5.54. The molecule has 0 unspecified atom stereocenters. The van der Waals surface area contributed by atoms with Crippen LogP contribution < -0.4 is 11.1 Å². The van der Waals surface area contributed by atoms with E-state index in [2.05, 4.69) is 19.2 Å². The van der Waals surface area contributed by atoms with E-state index in [4.69, 9.17) is 10.5 Å². The molecule has 7 heteroatoms. The Morgan fingerprint density at radius 2 is 2.00 bits per heavy atom. The molecular weight excluding hydrogens is 290 g/mol. The van der Waals surface area contributed by atoms with Crippen LogP contribution in [0, 0.1) is 5.92 Å². The van der Waals surface area contributed by atoms with E-state index in [1.54, 1.807) is 12.1 Å². The first-order valence-corrected chi connectivity index (χ1v) is 8.56. The van der Waals surface area contributed by atoms with Gasteiger partial charge in [0.2, 0.25) is 10.0 Å². The number of nitrogen functional groups attached to an aromatic ring is 1. The van der Waals surface area contributed by atoms with Crippen molar-refractivity contribution in [3.8, 4) is 0 Å². The smallest absolute Gasteiger partial charge is 0.243 e. The molecule has 1 aliphatic heterocycles. The van der Waals surface area contributed by atoms with Gasteiger partial charge in [-0.25, -0.2) is 8.42 Å². The van der Waals surface area contributed by atoms with Crippen molar-refractivity contribution in [2.45, 2.75) is 18.7 Å². The van der Waals surface area contributed by atoms with Crippen LogP contribution in [0.3, 0.4) is 0 Å². The van der Waals surface area contributed by atoms with Gasteiger partial charge in [0.05, 0.1) is 29.5 Å². The first-order chi connectivity index (χ1) is 9.91. The van der Waals surface area contributed by atoms with E-state index in [1.807, 2.05) is 0 Å². The van der Waals surface area contributed by atoms with Gasteiger partial charge >= 0.3 is 0 Å². The average Bonchev–Trinajstić information content (AvgIpc) is 2.46. The van der Waals surface area contributed by atoms with Gasteiger partial charge in [0.15, 0.2) is 0 Å². The molecule has 0 aromatic heterocycles. The van der Waals surface area contributed by atoms with Crippen molar-refractivity contribution >= 4 is 21.4 Å². The van der Waals surface area contributed by atoms with Crippen LogP contribution >= 0.6 is 0 Å². The Bertz CT molecular complexity index is 581. The summed E-state index contributed by atoms with van der Waals surface area (Å²) in [6, 6.07) is 4.85. The first kappa shape index (κ1) is 16.1. The van der Waals surface area contributed by atoms with Crippen LogP contribution in [0.2, 0.25) is 0 Å². The van der Waals surface area contributed by atoms with Crippen molar-refractivity contribution in [3.05, 3.63) is 18.2 Å². The molecule has 2 rings (SSSR count). The van der Waals surface area contributed by atoms with Gasteiger partial charge in [0, 0.05) is 19.6 Å². The number of hydrogen-bond acceptors (Lipinski definition) is 5. The van der Waals surface area contributed by atoms with E-state index in [0.29, 0.717) is 37.9 Å². The van der Waals surface area contributed by atoms with E-state index in [-0.39, 0.29) is 4.90 Å². The molecule has 1 fully saturated rings. The van der Waals surface area contributed by atoms with Gasteiger partial charge in [-0.3, -0.25) is 0 Å². The molecule has 1 aliphatic rings. The summed E-state index contributed by atoms with van der Waals surface area (Å²) in [5.41, 5.74) is 7.18. The van der Waals surface area contributed by atoms with Gasteiger partial charge < -0.3 is 15.8 Å². The fraction of sp³-hybridized carbons (Fsp3) is 0.571. The lowest BCUT2D eigenvalue weighted by Crippen LogP contribution is -2.40. The van der Waals surface area contributed by atoms with Gasteiger partial charge in [0.1, 0.15) is 0 Å². The zero-order valence-corrected chi connectivity index (χ0v) is 13.3. The molecule has 1 aromatic rings. The minimum atomic E-state index is -3.49. The zero-order chi connectivity index (χ0) is 15.5. The summed E-state index contributed by atoms with van der Waals surface area (Å²) in [6.07, 6.45) is 0. The number of nitrogens with one attached hydrogen (secondary N) is 1. The maximum Gasteiger partial charge on any atom is 0.243 e. The predicted octanol–water partition coefficient (Wildman–Crippen LogP) is 1.36. The summed E-state index contributed by atoms with van der Waals surface area (Å²) in [7, 11) is -3.49. The molecule has 1 heterocycles. The largest absolute Gasteiger partial charge is 0.397 e. The van der Waals surface area contributed by atoms with Crippen molar-refractivity contribution in [2.75, 3.05) is 43.9 Å². The predicted molar refractivity (Wildman–Crippen MR) is 83.8 cm³/mol. The summed E-state index contributed by atoms with van der Waals surface area (Å²) in [5, 5.41) is 3.22. The van der Waals surface area contributed by atoms with E-state index in [9.17, 15) is 8.42 Å². The molecule has 1 saturated heterocycles. The van der Waals surface area contributed by atoms with Crippen molar-refractivity contribution in [1.82, 2.24) is 4.31 Å². The highest BCUT2D eigenvalue weighted by Crippen LogP contribution is 2.25. The van der Waals surface area contributed by atoms with Crippen LogP contribution in [0.1, 0.15) is 13.8 Å². The Labute approximate surface area is 126 Å². The first-order valence-electron chi connectivity index (χ1n) is 7.12. The van der Waals surface area contributed by atoms with Crippen LogP contribution in [0.25, 0.3) is 0 Å². The van der Waals surface area contributed by atoms with Gasteiger partial charge in [-0.1, -0.05) is 13.8 Å². The number of hydrogen-bond donors (Lipinski definition) is 2. The molecule has 6 nitrogen and oxygen atoms in total. The lowest BCUT2D eigenvalue weighted by atomic mass is 10.2. The lowest BCUT2D eigenvalue weighted by molar-refractivity contribution is 0.0730. The number of nitrogens with zero attached hydrogens (tertiary/aromatic N) is 1. The van der Waals surface area contributed by atoms with E-state index in [1.165, 1.54) is 10.4 Å². The van der Waals surface area contributed by atoms with Crippen molar-refractivity contribution in [1.29, 1.82) is 0 Å². The van der Waals surface area contributed by atoms with Crippen LogP contribution in [-0.2, 0) is 14.8 Å². The third-order valence-corrected chi connectivity index (χ3v) is 5.23. The number of nitrogens with two attached hydrogens (primary N) is 1. The molecular formula is C14H23N3O3S. The lowest BCUT2D eigenvalue weighted by Gasteiger charge is -2.26. The molecule has 1 aromatic carbocycles. The topological polar surface area (TPSA) is 84.7 Å². The molecule has 0 amide bonds. The van der Waals surface area contributed by atoms with Gasteiger partial charge in [-0.05, 0) is 24.1 Å². The molecule has 0 aliphatic carbocycles. The molecule has 118 valence electrons. The zero-order valence-electron chi connectivity index (χ0n) is 12.5. The highest BCUT2D eigenvalue weighted by atomic mass is 32.2. The minimum Gasteiger partial charge on any atom is -0.397 e.